The lowest BCUT2D eigenvalue weighted by atomic mass is 10.1. The van der Waals surface area contributed by atoms with E-state index < -0.39 is 0 Å². The molecule has 2 N–H and O–H groups in total. The lowest BCUT2D eigenvalue weighted by Gasteiger charge is -2.23. The summed E-state index contributed by atoms with van der Waals surface area (Å²) in [6.45, 7) is 9.13. The first-order valence-corrected chi connectivity index (χ1v) is 7.55. The number of nitrogens with zero attached hydrogens (tertiary/aromatic N) is 1. The number of thioether (sulfide) groups is 1. The highest BCUT2D eigenvalue weighted by Gasteiger charge is 2.25. The minimum atomic E-state index is 0.309. The van der Waals surface area contributed by atoms with Gasteiger partial charge in [-0.15, -0.1) is 0 Å². The summed E-state index contributed by atoms with van der Waals surface area (Å²) in [6.07, 6.45) is 2.67. The molecular weight excluding hydrogens is 232 g/mol. The van der Waals surface area contributed by atoms with Gasteiger partial charge in [-0.1, -0.05) is 20.8 Å². The van der Waals surface area contributed by atoms with E-state index in [2.05, 4.69) is 20.8 Å². The van der Waals surface area contributed by atoms with Crippen LogP contribution in [0.4, 0.5) is 0 Å². The highest BCUT2D eigenvalue weighted by molar-refractivity contribution is 8.00. The number of amides is 1. The third kappa shape index (κ3) is 5.30. The molecule has 0 aliphatic carbocycles. The minimum absolute atomic E-state index is 0.309. The fourth-order valence-corrected chi connectivity index (χ4v) is 3.02. The molecule has 1 amide bonds. The van der Waals surface area contributed by atoms with Crippen LogP contribution in [-0.2, 0) is 4.79 Å². The second-order valence-electron chi connectivity index (χ2n) is 5.62. The van der Waals surface area contributed by atoms with Gasteiger partial charge in [-0.25, -0.2) is 0 Å². The first-order chi connectivity index (χ1) is 7.94. The third-order valence-electron chi connectivity index (χ3n) is 3.44. The van der Waals surface area contributed by atoms with Gasteiger partial charge < -0.3 is 10.6 Å². The Morgan fingerprint density at radius 3 is 2.82 bits per heavy atom. The predicted octanol–water partition coefficient (Wildman–Crippen LogP) is 2.11. The van der Waals surface area contributed by atoms with Gasteiger partial charge in [-0.3, -0.25) is 4.79 Å². The predicted molar refractivity (Wildman–Crippen MR) is 75.2 cm³/mol. The molecule has 17 heavy (non-hydrogen) atoms. The molecule has 1 atom stereocenters. The highest BCUT2D eigenvalue weighted by atomic mass is 32.2. The topological polar surface area (TPSA) is 46.3 Å². The van der Waals surface area contributed by atoms with Gasteiger partial charge in [0.25, 0.3) is 0 Å². The van der Waals surface area contributed by atoms with Crippen LogP contribution in [0.15, 0.2) is 0 Å². The van der Waals surface area contributed by atoms with E-state index in [4.69, 9.17) is 5.73 Å². The summed E-state index contributed by atoms with van der Waals surface area (Å²) < 4.78 is 0.319. The summed E-state index contributed by atoms with van der Waals surface area (Å²) in [7, 11) is 0. The van der Waals surface area contributed by atoms with Crippen molar-refractivity contribution in [1.82, 2.24) is 4.90 Å². The molecule has 4 heteroatoms. The SMILES string of the molecule is CC(CN)CCC(=O)N1CCSC(C)(C)CC1. The molecule has 1 aliphatic heterocycles. The van der Waals surface area contributed by atoms with Crippen LogP contribution in [-0.4, -0.2) is 40.9 Å². The van der Waals surface area contributed by atoms with Gasteiger partial charge in [0.1, 0.15) is 0 Å². The second-order valence-corrected chi connectivity index (χ2v) is 7.42. The average Bonchev–Trinajstić information content (AvgIpc) is 2.46. The second kappa shape index (κ2) is 6.64. The number of nitrogens with two attached hydrogens (primary N) is 1. The molecule has 1 saturated heterocycles. The summed E-state index contributed by atoms with van der Waals surface area (Å²) in [4.78, 5) is 14.1. The zero-order valence-corrected chi connectivity index (χ0v) is 12.2. The van der Waals surface area contributed by atoms with Crippen LogP contribution in [0.5, 0.6) is 0 Å². The van der Waals surface area contributed by atoms with E-state index in [1.54, 1.807) is 0 Å². The van der Waals surface area contributed by atoms with E-state index in [9.17, 15) is 4.79 Å². The molecule has 1 fully saturated rings. The standard InChI is InChI=1S/C13H26N2OS/c1-11(10-14)4-5-12(16)15-7-6-13(2,3)17-9-8-15/h11H,4-10,14H2,1-3H3. The zero-order valence-electron chi connectivity index (χ0n) is 11.4. The Kier molecular flexibility index (Phi) is 5.80. The maximum Gasteiger partial charge on any atom is 0.222 e. The Bertz CT molecular complexity index is 256. The highest BCUT2D eigenvalue weighted by Crippen LogP contribution is 2.30. The van der Waals surface area contributed by atoms with Crippen molar-refractivity contribution in [3.8, 4) is 0 Å². The van der Waals surface area contributed by atoms with Crippen molar-refractivity contribution in [2.24, 2.45) is 11.7 Å². The molecular formula is C13H26N2OS. The number of carbonyl (C=O) groups is 1. The summed E-state index contributed by atoms with van der Waals surface area (Å²) in [5.74, 6) is 1.82. The number of hydrogen-bond donors (Lipinski definition) is 1. The van der Waals surface area contributed by atoms with Crippen LogP contribution in [0.2, 0.25) is 0 Å². The van der Waals surface area contributed by atoms with Crippen LogP contribution in [0.3, 0.4) is 0 Å². The van der Waals surface area contributed by atoms with Crippen molar-refractivity contribution < 1.29 is 4.79 Å². The maximum absolute atomic E-state index is 12.1. The van der Waals surface area contributed by atoms with Gasteiger partial charge >= 0.3 is 0 Å². The molecule has 0 aromatic heterocycles. The van der Waals surface area contributed by atoms with Crippen LogP contribution >= 0.6 is 11.8 Å². The molecule has 0 bridgehead atoms. The van der Waals surface area contributed by atoms with Crippen molar-refractivity contribution in [3.63, 3.8) is 0 Å². The average molecular weight is 258 g/mol. The van der Waals surface area contributed by atoms with E-state index in [1.807, 2.05) is 16.7 Å². The molecule has 1 rings (SSSR count). The van der Waals surface area contributed by atoms with Crippen LogP contribution < -0.4 is 5.73 Å². The molecule has 100 valence electrons. The van der Waals surface area contributed by atoms with E-state index in [-0.39, 0.29) is 0 Å². The largest absolute Gasteiger partial charge is 0.342 e. The Balaban J connectivity index is 2.37. The lowest BCUT2D eigenvalue weighted by molar-refractivity contribution is -0.131. The molecule has 0 saturated carbocycles. The van der Waals surface area contributed by atoms with Crippen molar-refractivity contribution in [2.45, 2.75) is 44.8 Å². The van der Waals surface area contributed by atoms with Crippen molar-refractivity contribution in [1.29, 1.82) is 0 Å². The summed E-state index contributed by atoms with van der Waals surface area (Å²) >= 11 is 1.98. The van der Waals surface area contributed by atoms with Crippen LogP contribution in [0.25, 0.3) is 0 Å². The third-order valence-corrected chi connectivity index (χ3v) is 4.82. The van der Waals surface area contributed by atoms with Crippen molar-refractivity contribution in [3.05, 3.63) is 0 Å². The molecule has 1 unspecified atom stereocenters. The fraction of sp³-hybridized carbons (Fsp3) is 0.923. The van der Waals surface area contributed by atoms with E-state index in [0.29, 0.717) is 29.5 Å². The minimum Gasteiger partial charge on any atom is -0.342 e. The van der Waals surface area contributed by atoms with Crippen LogP contribution in [0.1, 0.15) is 40.0 Å². The van der Waals surface area contributed by atoms with Gasteiger partial charge in [-0.05, 0) is 25.3 Å². The van der Waals surface area contributed by atoms with Gasteiger partial charge in [-0.2, -0.15) is 11.8 Å². The fourth-order valence-electron chi connectivity index (χ4n) is 1.92. The Morgan fingerprint density at radius 2 is 2.18 bits per heavy atom. The molecule has 3 nitrogen and oxygen atoms in total. The summed E-state index contributed by atoms with van der Waals surface area (Å²) in [5, 5.41) is 0. The molecule has 0 aromatic carbocycles. The first kappa shape index (κ1) is 14.8. The van der Waals surface area contributed by atoms with Crippen molar-refractivity contribution in [2.75, 3.05) is 25.4 Å². The molecule has 0 aromatic rings. The Morgan fingerprint density at radius 1 is 1.47 bits per heavy atom. The van der Waals surface area contributed by atoms with E-state index >= 15 is 0 Å². The van der Waals surface area contributed by atoms with Gasteiger partial charge in [0.15, 0.2) is 0 Å². The lowest BCUT2D eigenvalue weighted by Crippen LogP contribution is -2.33. The van der Waals surface area contributed by atoms with Gasteiger partial charge in [0, 0.05) is 30.0 Å². The molecule has 1 heterocycles. The monoisotopic (exact) mass is 258 g/mol. The van der Waals surface area contributed by atoms with E-state index in [1.165, 1.54) is 0 Å². The number of hydrogen-bond acceptors (Lipinski definition) is 3. The van der Waals surface area contributed by atoms with Gasteiger partial charge in [0.05, 0.1) is 0 Å². The Hall–Kier alpha value is -0.220. The Labute approximate surface area is 109 Å². The molecule has 1 aliphatic rings. The first-order valence-electron chi connectivity index (χ1n) is 6.56. The maximum atomic E-state index is 12.1. The normalized spacial score (nSPS) is 22.0. The van der Waals surface area contributed by atoms with Gasteiger partial charge in [0.2, 0.25) is 5.91 Å². The summed E-state index contributed by atoms with van der Waals surface area (Å²) in [5.41, 5.74) is 5.57. The quantitative estimate of drug-likeness (QED) is 0.840. The molecule has 0 spiro atoms. The summed E-state index contributed by atoms with van der Waals surface area (Å²) in [6, 6.07) is 0. The smallest absolute Gasteiger partial charge is 0.222 e. The number of carbonyl (C=O) groups excluding carboxylic acids is 1. The van der Waals surface area contributed by atoms with Crippen LogP contribution in [0, 0.1) is 5.92 Å². The zero-order chi connectivity index (χ0) is 12.9. The number of rotatable bonds is 4. The molecule has 0 radical (unpaired) electrons. The van der Waals surface area contributed by atoms with Crippen molar-refractivity contribution >= 4 is 17.7 Å². The van der Waals surface area contributed by atoms with E-state index in [0.717, 1.165) is 31.7 Å².